The van der Waals surface area contributed by atoms with Gasteiger partial charge in [0, 0.05) is 0 Å². The van der Waals surface area contributed by atoms with E-state index in [0.717, 1.165) is 11.8 Å². The monoisotopic (exact) mass is 286 g/mol. The number of allylic oxidation sites excluding steroid dienone is 4. The maximum absolute atomic E-state index is 2.65. The molecular formula is C21H34. The van der Waals surface area contributed by atoms with Gasteiger partial charge in [0.25, 0.3) is 0 Å². The molecule has 0 aromatic carbocycles. The standard InChI is InChI=1S/C21H34/c1-6-20(4)12-7-13-21(5)18-10-8-16(15(2)3)14-17(18)9-11-19(20)21/h14,18-19H,6-13H2,1-5H3/t18?,19?,20-,21+/m0/s1. The normalized spacial score (nSPS) is 42.9. The van der Waals surface area contributed by atoms with Gasteiger partial charge in [0.2, 0.25) is 0 Å². The van der Waals surface area contributed by atoms with Crippen molar-refractivity contribution in [2.45, 2.75) is 86.0 Å². The van der Waals surface area contributed by atoms with Crippen LogP contribution in [-0.4, -0.2) is 0 Å². The van der Waals surface area contributed by atoms with E-state index >= 15 is 0 Å². The van der Waals surface area contributed by atoms with Crippen LogP contribution in [0, 0.1) is 22.7 Å². The smallest absolute Gasteiger partial charge is 0.0140 e. The Morgan fingerprint density at radius 3 is 2.57 bits per heavy atom. The van der Waals surface area contributed by atoms with Crippen LogP contribution < -0.4 is 0 Å². The van der Waals surface area contributed by atoms with Crippen molar-refractivity contribution in [2.24, 2.45) is 22.7 Å². The lowest BCUT2D eigenvalue weighted by Gasteiger charge is -2.59. The number of fused-ring (bicyclic) bond motifs is 3. The summed E-state index contributed by atoms with van der Waals surface area (Å²) in [6, 6.07) is 0. The van der Waals surface area contributed by atoms with Crippen molar-refractivity contribution in [3.8, 4) is 0 Å². The summed E-state index contributed by atoms with van der Waals surface area (Å²) in [5.41, 5.74) is 6.17. The Morgan fingerprint density at radius 2 is 1.90 bits per heavy atom. The summed E-state index contributed by atoms with van der Waals surface area (Å²) in [5.74, 6) is 1.84. The van der Waals surface area contributed by atoms with E-state index in [0.29, 0.717) is 10.8 Å². The van der Waals surface area contributed by atoms with Crippen molar-refractivity contribution in [2.75, 3.05) is 0 Å². The molecule has 0 aliphatic heterocycles. The lowest BCUT2D eigenvalue weighted by molar-refractivity contribution is -0.0659. The molecule has 0 saturated heterocycles. The third-order valence-electron chi connectivity index (χ3n) is 7.58. The maximum Gasteiger partial charge on any atom is -0.0140 e. The van der Waals surface area contributed by atoms with Gasteiger partial charge in [-0.1, -0.05) is 50.8 Å². The lowest BCUT2D eigenvalue weighted by atomic mass is 9.45. The summed E-state index contributed by atoms with van der Waals surface area (Å²) in [6.07, 6.45) is 13.9. The van der Waals surface area contributed by atoms with Gasteiger partial charge in [-0.15, -0.1) is 0 Å². The van der Waals surface area contributed by atoms with Gasteiger partial charge in [-0.2, -0.15) is 0 Å². The van der Waals surface area contributed by atoms with Crippen LogP contribution in [0.4, 0.5) is 0 Å². The molecule has 2 saturated carbocycles. The Morgan fingerprint density at radius 1 is 1.14 bits per heavy atom. The van der Waals surface area contributed by atoms with Crippen molar-refractivity contribution in [3.05, 3.63) is 22.8 Å². The van der Waals surface area contributed by atoms with Crippen LogP contribution in [0.5, 0.6) is 0 Å². The highest BCUT2D eigenvalue weighted by molar-refractivity contribution is 5.34. The summed E-state index contributed by atoms with van der Waals surface area (Å²) < 4.78 is 0. The van der Waals surface area contributed by atoms with Crippen LogP contribution in [0.25, 0.3) is 0 Å². The molecule has 21 heavy (non-hydrogen) atoms. The molecule has 0 bridgehead atoms. The first-order valence-electron chi connectivity index (χ1n) is 9.27. The summed E-state index contributed by atoms with van der Waals surface area (Å²) in [7, 11) is 0. The van der Waals surface area contributed by atoms with Crippen LogP contribution in [0.3, 0.4) is 0 Å². The zero-order chi connectivity index (χ0) is 15.3. The number of rotatable bonds is 1. The van der Waals surface area contributed by atoms with Gasteiger partial charge >= 0.3 is 0 Å². The molecule has 0 radical (unpaired) electrons. The van der Waals surface area contributed by atoms with Crippen molar-refractivity contribution >= 4 is 0 Å². The molecule has 0 heterocycles. The van der Waals surface area contributed by atoms with Crippen molar-refractivity contribution in [1.82, 2.24) is 0 Å². The fraction of sp³-hybridized carbons (Fsp3) is 0.810. The summed E-state index contributed by atoms with van der Waals surface area (Å²) in [5, 5.41) is 0. The van der Waals surface area contributed by atoms with Gasteiger partial charge in [-0.3, -0.25) is 0 Å². The minimum absolute atomic E-state index is 0.584. The average Bonchev–Trinajstić information content (AvgIpc) is 2.46. The van der Waals surface area contributed by atoms with Crippen LogP contribution in [0.15, 0.2) is 22.8 Å². The van der Waals surface area contributed by atoms with E-state index in [2.05, 4.69) is 40.7 Å². The second kappa shape index (κ2) is 5.28. The highest BCUT2D eigenvalue weighted by Gasteiger charge is 2.54. The van der Waals surface area contributed by atoms with Crippen molar-refractivity contribution < 1.29 is 0 Å². The topological polar surface area (TPSA) is 0 Å². The quantitative estimate of drug-likeness (QED) is 0.504. The van der Waals surface area contributed by atoms with E-state index in [1.807, 2.05) is 0 Å². The summed E-state index contributed by atoms with van der Waals surface area (Å²) >= 11 is 0. The van der Waals surface area contributed by atoms with Gasteiger partial charge in [0.1, 0.15) is 0 Å². The van der Waals surface area contributed by atoms with Gasteiger partial charge in [-0.05, 0) is 80.6 Å². The number of hydrogen-bond donors (Lipinski definition) is 0. The zero-order valence-corrected chi connectivity index (χ0v) is 14.9. The first-order chi connectivity index (χ1) is 9.90. The van der Waals surface area contributed by atoms with E-state index < -0.39 is 0 Å². The van der Waals surface area contributed by atoms with Crippen molar-refractivity contribution in [3.63, 3.8) is 0 Å². The Hall–Kier alpha value is -0.520. The third kappa shape index (κ3) is 2.34. The van der Waals surface area contributed by atoms with E-state index in [9.17, 15) is 0 Å². The molecule has 0 spiro atoms. The molecule has 3 aliphatic carbocycles. The largest absolute Gasteiger partial charge is 0.0732 e. The Balaban J connectivity index is 1.96. The van der Waals surface area contributed by atoms with Gasteiger partial charge in [0.15, 0.2) is 0 Å². The van der Waals surface area contributed by atoms with E-state index in [1.54, 1.807) is 11.1 Å². The highest BCUT2D eigenvalue weighted by atomic mass is 14.6. The molecule has 2 unspecified atom stereocenters. The summed E-state index contributed by atoms with van der Waals surface area (Å²) in [6.45, 7) is 12.2. The Labute approximate surface area is 132 Å². The van der Waals surface area contributed by atoms with Gasteiger partial charge < -0.3 is 0 Å². The first-order valence-corrected chi connectivity index (χ1v) is 9.27. The third-order valence-corrected chi connectivity index (χ3v) is 7.58. The second-order valence-corrected chi connectivity index (χ2v) is 8.79. The molecule has 0 nitrogen and oxygen atoms in total. The minimum atomic E-state index is 0.584. The molecule has 4 atom stereocenters. The molecule has 3 aliphatic rings. The number of hydrogen-bond acceptors (Lipinski definition) is 0. The molecule has 118 valence electrons. The average molecular weight is 287 g/mol. The van der Waals surface area contributed by atoms with Gasteiger partial charge in [0.05, 0.1) is 0 Å². The Bertz CT molecular complexity index is 476. The maximum atomic E-state index is 2.65. The first kappa shape index (κ1) is 15.4. The predicted molar refractivity (Wildman–Crippen MR) is 92.3 cm³/mol. The van der Waals surface area contributed by atoms with Crippen LogP contribution in [-0.2, 0) is 0 Å². The van der Waals surface area contributed by atoms with E-state index in [-0.39, 0.29) is 0 Å². The molecule has 0 heteroatoms. The Kier molecular flexibility index (Phi) is 3.87. The lowest BCUT2D eigenvalue weighted by Crippen LogP contribution is -2.50. The zero-order valence-electron chi connectivity index (χ0n) is 14.9. The molecule has 0 amide bonds. The molecule has 0 aromatic heterocycles. The molecule has 2 fully saturated rings. The molecular weight excluding hydrogens is 252 g/mol. The van der Waals surface area contributed by atoms with Crippen LogP contribution >= 0.6 is 0 Å². The van der Waals surface area contributed by atoms with E-state index in [1.165, 1.54) is 56.9 Å². The summed E-state index contributed by atoms with van der Waals surface area (Å²) in [4.78, 5) is 0. The van der Waals surface area contributed by atoms with Gasteiger partial charge in [-0.25, -0.2) is 0 Å². The molecule has 0 N–H and O–H groups in total. The predicted octanol–water partition coefficient (Wildman–Crippen LogP) is 6.68. The van der Waals surface area contributed by atoms with Crippen LogP contribution in [0.2, 0.25) is 0 Å². The van der Waals surface area contributed by atoms with E-state index in [4.69, 9.17) is 0 Å². The fourth-order valence-electron chi connectivity index (χ4n) is 6.12. The second-order valence-electron chi connectivity index (χ2n) is 8.79. The minimum Gasteiger partial charge on any atom is -0.0732 e. The molecule has 3 rings (SSSR count). The fourth-order valence-corrected chi connectivity index (χ4v) is 6.12. The SMILES string of the molecule is CC[C@@]1(C)CCC[C@]2(C)C3CCC(=C(C)C)C=C3CCC12. The molecule has 0 aromatic rings. The van der Waals surface area contributed by atoms with Crippen molar-refractivity contribution in [1.29, 1.82) is 0 Å². The highest BCUT2D eigenvalue weighted by Crippen LogP contribution is 2.63. The van der Waals surface area contributed by atoms with Crippen LogP contribution in [0.1, 0.15) is 86.0 Å².